The molecule has 0 spiro atoms. The highest BCUT2D eigenvalue weighted by atomic mass is 35.5. The van der Waals surface area contributed by atoms with Crippen LogP contribution >= 0.6 is 34.8 Å². The zero-order valence-electron chi connectivity index (χ0n) is 13.4. The Morgan fingerprint density at radius 3 is 2.38 bits per heavy atom. The van der Waals surface area contributed by atoms with Gasteiger partial charge in [-0.05, 0) is 36.4 Å². The van der Waals surface area contributed by atoms with E-state index in [9.17, 15) is 13.2 Å². The molecule has 1 amide bonds. The normalized spacial score (nSPS) is 16.6. The zero-order valence-corrected chi connectivity index (χ0v) is 16.5. The Balaban J connectivity index is 1.89. The van der Waals surface area contributed by atoms with Crippen LogP contribution in [0.4, 0.5) is 11.4 Å². The fourth-order valence-corrected chi connectivity index (χ4v) is 4.12. The summed E-state index contributed by atoms with van der Waals surface area (Å²) in [5.74, 6) is -0.284. The van der Waals surface area contributed by atoms with Crippen molar-refractivity contribution < 1.29 is 17.9 Å². The number of halogens is 3. The Morgan fingerprint density at radius 2 is 1.77 bits per heavy atom. The van der Waals surface area contributed by atoms with Crippen LogP contribution < -0.4 is 14.4 Å². The van der Waals surface area contributed by atoms with Gasteiger partial charge in [-0.15, -0.1) is 0 Å². The van der Waals surface area contributed by atoms with Crippen LogP contribution in [0.5, 0.6) is 5.75 Å². The van der Waals surface area contributed by atoms with Crippen molar-refractivity contribution in [3.63, 3.8) is 0 Å². The fraction of sp³-hybridized carbons (Fsp3) is 0.188. The summed E-state index contributed by atoms with van der Waals surface area (Å²) in [4.78, 5) is 12.6. The van der Waals surface area contributed by atoms with Crippen molar-refractivity contribution in [2.75, 3.05) is 22.4 Å². The second kappa shape index (κ2) is 7.15. The monoisotopic (exact) mass is 434 g/mol. The minimum Gasteiger partial charge on any atom is -0.476 e. The number of carbonyl (C=O) groups excluding carboxylic acids is 1. The predicted octanol–water partition coefficient (Wildman–Crippen LogP) is 3.81. The van der Waals surface area contributed by atoms with Gasteiger partial charge in [0.25, 0.3) is 5.91 Å². The van der Waals surface area contributed by atoms with Crippen LogP contribution in [0.1, 0.15) is 0 Å². The van der Waals surface area contributed by atoms with E-state index in [1.54, 1.807) is 6.07 Å². The molecule has 138 valence electrons. The number of hydrogen-bond donors (Lipinski definition) is 1. The molecule has 1 atom stereocenters. The molecule has 26 heavy (non-hydrogen) atoms. The lowest BCUT2D eigenvalue weighted by molar-refractivity contribution is -0.122. The van der Waals surface area contributed by atoms with Crippen molar-refractivity contribution in [2.24, 2.45) is 0 Å². The summed E-state index contributed by atoms with van der Waals surface area (Å²) < 4.78 is 31.0. The number of fused-ring (bicyclic) bond motifs is 1. The van der Waals surface area contributed by atoms with Crippen molar-refractivity contribution in [3.8, 4) is 5.75 Å². The molecule has 10 heteroatoms. The highest BCUT2D eigenvalue weighted by Crippen LogP contribution is 2.37. The van der Waals surface area contributed by atoms with Crippen LogP contribution in [-0.2, 0) is 14.8 Å². The molecule has 0 bridgehead atoms. The van der Waals surface area contributed by atoms with Gasteiger partial charge in [-0.25, -0.2) is 8.42 Å². The molecule has 0 aliphatic carbocycles. The number of rotatable bonds is 3. The Hall–Kier alpha value is -1.67. The molecular formula is C16H13Cl3N2O4S. The van der Waals surface area contributed by atoms with Crippen molar-refractivity contribution in [3.05, 3.63) is 51.5 Å². The molecular weight excluding hydrogens is 423 g/mol. The van der Waals surface area contributed by atoms with Gasteiger partial charge in [-0.2, -0.15) is 0 Å². The van der Waals surface area contributed by atoms with Gasteiger partial charge < -0.3 is 10.1 Å². The van der Waals surface area contributed by atoms with E-state index in [1.807, 2.05) is 0 Å². The van der Waals surface area contributed by atoms with Gasteiger partial charge in [-0.3, -0.25) is 9.10 Å². The number of benzene rings is 2. The number of carbonyl (C=O) groups is 1. The topological polar surface area (TPSA) is 75.7 Å². The molecule has 1 heterocycles. The number of hydrogen-bond acceptors (Lipinski definition) is 4. The molecule has 0 saturated heterocycles. The van der Waals surface area contributed by atoms with Crippen molar-refractivity contribution in [2.45, 2.75) is 6.10 Å². The van der Waals surface area contributed by atoms with E-state index in [0.717, 1.165) is 10.6 Å². The van der Waals surface area contributed by atoms with Crippen molar-refractivity contribution in [1.82, 2.24) is 0 Å². The lowest BCUT2D eigenvalue weighted by Gasteiger charge is -2.34. The molecule has 0 aromatic heterocycles. The molecule has 1 N–H and O–H groups in total. The fourth-order valence-electron chi connectivity index (χ4n) is 2.52. The van der Waals surface area contributed by atoms with E-state index in [4.69, 9.17) is 39.5 Å². The number of nitrogens with one attached hydrogen (secondary N) is 1. The Kier molecular flexibility index (Phi) is 5.25. The third-order valence-corrected chi connectivity index (χ3v) is 5.43. The van der Waals surface area contributed by atoms with Crippen molar-refractivity contribution in [1.29, 1.82) is 0 Å². The second-order valence-corrected chi connectivity index (χ2v) is 8.88. The quantitative estimate of drug-likeness (QED) is 0.795. The largest absolute Gasteiger partial charge is 0.476 e. The van der Waals surface area contributed by atoms with E-state index < -0.39 is 22.0 Å². The standard InChI is InChI=1S/C16H13Cl3N2O4S/c1-26(23,24)21-8-15(25-14-3-2-9(17)7-13(14)21)16(22)20-12-5-10(18)4-11(19)6-12/h2-7,15H,8H2,1H3,(H,20,22)/t15-/m0/s1. The molecule has 2 aromatic rings. The first kappa shape index (κ1) is 19.1. The van der Waals surface area contributed by atoms with E-state index >= 15 is 0 Å². The maximum Gasteiger partial charge on any atom is 0.267 e. The van der Waals surface area contributed by atoms with Crippen LogP contribution in [0.2, 0.25) is 15.1 Å². The van der Waals surface area contributed by atoms with Gasteiger partial charge in [-0.1, -0.05) is 34.8 Å². The van der Waals surface area contributed by atoms with Crippen molar-refractivity contribution >= 4 is 62.1 Å². The average Bonchev–Trinajstić information content (AvgIpc) is 2.51. The van der Waals surface area contributed by atoms with Gasteiger partial charge in [0, 0.05) is 20.8 Å². The van der Waals surface area contributed by atoms with Crippen LogP contribution in [0.15, 0.2) is 36.4 Å². The Morgan fingerprint density at radius 1 is 1.12 bits per heavy atom. The van der Waals surface area contributed by atoms with Crippen LogP contribution in [0.3, 0.4) is 0 Å². The minimum absolute atomic E-state index is 0.188. The highest BCUT2D eigenvalue weighted by molar-refractivity contribution is 7.92. The number of sulfonamides is 1. The van der Waals surface area contributed by atoms with Gasteiger partial charge in [0.2, 0.25) is 10.0 Å². The molecule has 2 aromatic carbocycles. The predicted molar refractivity (Wildman–Crippen MR) is 103 cm³/mol. The summed E-state index contributed by atoms with van der Waals surface area (Å²) >= 11 is 17.8. The first-order chi connectivity index (χ1) is 12.1. The summed E-state index contributed by atoms with van der Waals surface area (Å²) in [5, 5.41) is 3.70. The smallest absolute Gasteiger partial charge is 0.267 e. The number of anilines is 2. The average molecular weight is 436 g/mol. The molecule has 0 saturated carbocycles. The van der Waals surface area contributed by atoms with Gasteiger partial charge in [0.15, 0.2) is 6.10 Å². The molecule has 3 rings (SSSR count). The molecule has 1 aliphatic rings. The van der Waals surface area contributed by atoms with E-state index in [0.29, 0.717) is 20.8 Å². The number of nitrogens with zero attached hydrogens (tertiary/aromatic N) is 1. The third kappa shape index (κ3) is 4.17. The SMILES string of the molecule is CS(=O)(=O)N1C[C@@H](C(=O)Nc2cc(Cl)cc(Cl)c2)Oc2ccc(Cl)cc21. The summed E-state index contributed by atoms with van der Waals surface area (Å²) in [5.41, 5.74) is 0.666. The van der Waals surface area contributed by atoms with E-state index in [2.05, 4.69) is 5.32 Å². The highest BCUT2D eigenvalue weighted by Gasteiger charge is 2.35. The van der Waals surface area contributed by atoms with E-state index in [1.165, 1.54) is 30.3 Å². The third-order valence-electron chi connectivity index (χ3n) is 3.61. The van der Waals surface area contributed by atoms with Crippen LogP contribution in [0.25, 0.3) is 0 Å². The Bertz CT molecular complexity index is 961. The second-order valence-electron chi connectivity index (χ2n) is 5.66. The van der Waals surface area contributed by atoms with Gasteiger partial charge in [0.05, 0.1) is 18.5 Å². The summed E-state index contributed by atoms with van der Waals surface area (Å²) in [6.45, 7) is -0.188. The summed E-state index contributed by atoms with van der Waals surface area (Å²) in [6, 6.07) is 9.12. The molecule has 0 unspecified atom stereocenters. The molecule has 1 aliphatic heterocycles. The molecule has 0 fully saturated rings. The van der Waals surface area contributed by atoms with Gasteiger partial charge >= 0.3 is 0 Å². The molecule has 0 radical (unpaired) electrons. The lowest BCUT2D eigenvalue weighted by Crippen LogP contribution is -2.48. The summed E-state index contributed by atoms with van der Waals surface area (Å²) in [7, 11) is -3.64. The van der Waals surface area contributed by atoms with Gasteiger partial charge in [0.1, 0.15) is 5.75 Å². The first-order valence-corrected chi connectivity index (χ1v) is 10.3. The minimum atomic E-state index is -3.64. The maximum atomic E-state index is 12.6. The maximum absolute atomic E-state index is 12.6. The molecule has 6 nitrogen and oxygen atoms in total. The first-order valence-electron chi connectivity index (χ1n) is 7.34. The number of amides is 1. The van der Waals surface area contributed by atoms with Crippen LogP contribution in [0, 0.1) is 0 Å². The Labute approximate surface area is 165 Å². The van der Waals surface area contributed by atoms with E-state index in [-0.39, 0.29) is 18.0 Å². The zero-order chi connectivity index (χ0) is 19.1. The lowest BCUT2D eigenvalue weighted by atomic mass is 10.2. The van der Waals surface area contributed by atoms with Crippen LogP contribution in [-0.4, -0.2) is 33.2 Å². The number of ether oxygens (including phenoxy) is 1. The summed E-state index contributed by atoms with van der Waals surface area (Å²) in [6.07, 6.45) is -0.00880.